The summed E-state index contributed by atoms with van der Waals surface area (Å²) in [6, 6.07) is 50.7. The van der Waals surface area contributed by atoms with E-state index in [0.717, 1.165) is 83.3 Å². The lowest BCUT2D eigenvalue weighted by atomic mass is 10.0. The molecule has 230 valence electrons. The third-order valence-electron chi connectivity index (χ3n) is 9.44. The molecule has 0 N–H and O–H groups in total. The van der Waals surface area contributed by atoms with Crippen molar-refractivity contribution in [3.05, 3.63) is 164 Å². The Hall–Kier alpha value is -6.72. The number of para-hydroxylation sites is 2. The molecule has 0 aliphatic carbocycles. The van der Waals surface area contributed by atoms with Crippen LogP contribution in [0.2, 0.25) is 0 Å². The van der Waals surface area contributed by atoms with Crippen molar-refractivity contribution in [3.63, 3.8) is 0 Å². The first-order chi connectivity index (χ1) is 24.3. The van der Waals surface area contributed by atoms with E-state index in [1.807, 2.05) is 42.7 Å². The average molecular weight is 630 g/mol. The molecule has 0 aliphatic rings. The summed E-state index contributed by atoms with van der Waals surface area (Å²) >= 11 is 0. The van der Waals surface area contributed by atoms with Crippen LogP contribution in [0.4, 0.5) is 17.1 Å². The quantitative estimate of drug-likeness (QED) is 0.190. The minimum absolute atomic E-state index is 0.800. The molecule has 0 bridgehead atoms. The molecule has 0 amide bonds. The second-order valence-corrected chi connectivity index (χ2v) is 12.2. The molecule has 6 aromatic carbocycles. The highest BCUT2D eigenvalue weighted by Gasteiger charge is 2.18. The van der Waals surface area contributed by atoms with E-state index in [-0.39, 0.29) is 0 Å². The van der Waals surface area contributed by atoms with Gasteiger partial charge >= 0.3 is 0 Å². The topological polar surface area (TPSA) is 55.3 Å². The number of anilines is 3. The van der Waals surface area contributed by atoms with E-state index in [9.17, 15) is 0 Å². The van der Waals surface area contributed by atoms with Gasteiger partial charge in [-0.25, -0.2) is 0 Å². The second-order valence-electron chi connectivity index (χ2n) is 12.2. The van der Waals surface area contributed by atoms with Gasteiger partial charge in [0.15, 0.2) is 5.58 Å². The number of furan rings is 2. The number of hydrogen-bond acceptors (Lipinski definition) is 5. The summed E-state index contributed by atoms with van der Waals surface area (Å²) in [5.41, 5.74) is 11.7. The lowest BCUT2D eigenvalue weighted by Gasteiger charge is -2.27. The van der Waals surface area contributed by atoms with Crippen LogP contribution in [0.15, 0.2) is 173 Å². The molecule has 0 saturated heterocycles. The van der Waals surface area contributed by atoms with Gasteiger partial charge in [0, 0.05) is 62.6 Å². The Balaban J connectivity index is 1.09. The minimum Gasteiger partial charge on any atom is -0.455 e. The Labute approximate surface area is 281 Å². The van der Waals surface area contributed by atoms with Crippen molar-refractivity contribution in [2.75, 3.05) is 4.90 Å². The van der Waals surface area contributed by atoms with Gasteiger partial charge in [0.05, 0.1) is 5.69 Å². The highest BCUT2D eigenvalue weighted by Crippen LogP contribution is 2.42. The molecular formula is C44H27N3O2. The summed E-state index contributed by atoms with van der Waals surface area (Å²) in [5, 5.41) is 5.48. The fourth-order valence-electron chi connectivity index (χ4n) is 7.11. The van der Waals surface area contributed by atoms with Crippen LogP contribution in [0.25, 0.3) is 77.0 Å². The average Bonchev–Trinajstić information content (AvgIpc) is 3.75. The van der Waals surface area contributed by atoms with E-state index >= 15 is 0 Å². The lowest BCUT2D eigenvalue weighted by molar-refractivity contribution is 0.669. The first kappa shape index (κ1) is 27.4. The molecule has 0 saturated carbocycles. The molecule has 0 aliphatic heterocycles. The number of hydrogen-bond donors (Lipinski definition) is 0. The van der Waals surface area contributed by atoms with Crippen molar-refractivity contribution in [1.29, 1.82) is 0 Å². The summed E-state index contributed by atoms with van der Waals surface area (Å²) in [5.74, 6) is 0. The van der Waals surface area contributed by atoms with Crippen LogP contribution in [-0.2, 0) is 0 Å². The van der Waals surface area contributed by atoms with Crippen LogP contribution >= 0.6 is 0 Å². The molecule has 5 heteroatoms. The molecule has 0 atom stereocenters. The maximum Gasteiger partial charge on any atom is 0.161 e. The fourth-order valence-corrected chi connectivity index (χ4v) is 7.11. The molecule has 4 heterocycles. The first-order valence-electron chi connectivity index (χ1n) is 16.3. The van der Waals surface area contributed by atoms with Crippen molar-refractivity contribution in [2.45, 2.75) is 0 Å². The Morgan fingerprint density at radius 3 is 1.90 bits per heavy atom. The lowest BCUT2D eigenvalue weighted by Crippen LogP contribution is -2.10. The molecule has 0 spiro atoms. The number of rotatable bonds is 5. The third-order valence-corrected chi connectivity index (χ3v) is 9.44. The van der Waals surface area contributed by atoms with Gasteiger partial charge in [-0.05, 0) is 71.1 Å². The zero-order valence-electron chi connectivity index (χ0n) is 26.2. The molecule has 5 nitrogen and oxygen atoms in total. The minimum atomic E-state index is 0.800. The van der Waals surface area contributed by atoms with Gasteiger partial charge < -0.3 is 13.7 Å². The maximum atomic E-state index is 6.33. The molecule has 49 heavy (non-hydrogen) atoms. The number of fused-ring (bicyclic) bond motifs is 7. The number of pyridine rings is 2. The monoisotopic (exact) mass is 629 g/mol. The van der Waals surface area contributed by atoms with Crippen LogP contribution in [0, 0.1) is 0 Å². The summed E-state index contributed by atoms with van der Waals surface area (Å²) in [7, 11) is 0. The summed E-state index contributed by atoms with van der Waals surface area (Å²) in [6.07, 6.45) is 5.50. The normalized spacial score (nSPS) is 11.7. The van der Waals surface area contributed by atoms with E-state index in [0.29, 0.717) is 0 Å². The SMILES string of the molecule is c1ccc2c(N(c3ccc(-c4cccc5c4oc4ccncc45)cc3)c3ccc(-c4ccnc5c4oc4ccccc45)cc3)cccc2c1. The summed E-state index contributed by atoms with van der Waals surface area (Å²) in [6.45, 7) is 0. The van der Waals surface area contributed by atoms with Crippen LogP contribution in [0.5, 0.6) is 0 Å². The van der Waals surface area contributed by atoms with Gasteiger partial charge in [0.1, 0.15) is 22.3 Å². The van der Waals surface area contributed by atoms with Crippen molar-refractivity contribution in [3.8, 4) is 22.3 Å². The Kier molecular flexibility index (Phi) is 6.11. The van der Waals surface area contributed by atoms with Crippen molar-refractivity contribution < 1.29 is 8.83 Å². The molecule has 0 fully saturated rings. The van der Waals surface area contributed by atoms with Gasteiger partial charge in [-0.1, -0.05) is 91.0 Å². The van der Waals surface area contributed by atoms with E-state index in [1.165, 1.54) is 10.8 Å². The molecule has 10 rings (SSSR count). The van der Waals surface area contributed by atoms with Crippen molar-refractivity contribution in [2.24, 2.45) is 0 Å². The molecule has 10 aromatic rings. The van der Waals surface area contributed by atoms with Crippen molar-refractivity contribution in [1.82, 2.24) is 9.97 Å². The Bertz CT molecular complexity index is 2670. The molecule has 4 aromatic heterocycles. The van der Waals surface area contributed by atoms with Crippen LogP contribution in [-0.4, -0.2) is 9.97 Å². The largest absolute Gasteiger partial charge is 0.455 e. The van der Waals surface area contributed by atoms with E-state index in [2.05, 4.69) is 130 Å². The van der Waals surface area contributed by atoms with Crippen LogP contribution < -0.4 is 4.90 Å². The smallest absolute Gasteiger partial charge is 0.161 e. The highest BCUT2D eigenvalue weighted by atomic mass is 16.3. The first-order valence-corrected chi connectivity index (χ1v) is 16.3. The number of nitrogens with zero attached hydrogens (tertiary/aromatic N) is 3. The molecule has 0 unspecified atom stereocenters. The fraction of sp³-hybridized carbons (Fsp3) is 0. The van der Waals surface area contributed by atoms with Crippen LogP contribution in [0.1, 0.15) is 0 Å². The van der Waals surface area contributed by atoms with Crippen molar-refractivity contribution >= 4 is 71.8 Å². The third kappa shape index (κ3) is 4.40. The van der Waals surface area contributed by atoms with Gasteiger partial charge in [-0.15, -0.1) is 0 Å². The Morgan fingerprint density at radius 1 is 0.449 bits per heavy atom. The van der Waals surface area contributed by atoms with E-state index in [4.69, 9.17) is 8.83 Å². The predicted octanol–water partition coefficient (Wildman–Crippen LogP) is 12.2. The van der Waals surface area contributed by atoms with Crippen LogP contribution in [0.3, 0.4) is 0 Å². The van der Waals surface area contributed by atoms with Gasteiger partial charge in [-0.3, -0.25) is 9.97 Å². The number of aromatic nitrogens is 2. The molecule has 0 radical (unpaired) electrons. The maximum absolute atomic E-state index is 6.33. The summed E-state index contributed by atoms with van der Waals surface area (Å²) in [4.78, 5) is 11.3. The van der Waals surface area contributed by atoms with Gasteiger partial charge in [-0.2, -0.15) is 0 Å². The number of benzene rings is 6. The predicted molar refractivity (Wildman–Crippen MR) is 200 cm³/mol. The van der Waals surface area contributed by atoms with E-state index < -0.39 is 0 Å². The van der Waals surface area contributed by atoms with Gasteiger partial charge in [0.25, 0.3) is 0 Å². The van der Waals surface area contributed by atoms with Gasteiger partial charge in [0.2, 0.25) is 0 Å². The highest BCUT2D eigenvalue weighted by molar-refractivity contribution is 6.10. The zero-order valence-corrected chi connectivity index (χ0v) is 26.2. The van der Waals surface area contributed by atoms with E-state index in [1.54, 1.807) is 6.20 Å². The Morgan fingerprint density at radius 2 is 1.08 bits per heavy atom. The second kappa shape index (κ2) is 10.9. The molecular weight excluding hydrogens is 603 g/mol. The summed E-state index contributed by atoms with van der Waals surface area (Å²) < 4.78 is 12.6. The standard InChI is InChI=1S/C44H27N3O2/c1-2-9-33-28(7-1)8-5-13-39(33)47(31-19-15-29(16-20-31)34-11-6-12-36-38-27-45-25-24-41(38)48-43(34)36)32-21-17-30(18-22-32)35-23-26-46-42-37-10-3-4-14-40(37)49-44(35)42/h1-27H. The zero-order chi connectivity index (χ0) is 32.3.